The van der Waals surface area contributed by atoms with Gasteiger partial charge in [-0.05, 0) is 25.7 Å². The maximum absolute atomic E-state index is 11.9. The fourth-order valence-electron chi connectivity index (χ4n) is 2.70. The van der Waals surface area contributed by atoms with E-state index < -0.39 is 0 Å². The van der Waals surface area contributed by atoms with E-state index >= 15 is 0 Å². The summed E-state index contributed by atoms with van der Waals surface area (Å²) in [6.45, 7) is 4.78. The average Bonchev–Trinajstić information content (AvgIpc) is 2.90. The van der Waals surface area contributed by atoms with Crippen LogP contribution in [0.5, 0.6) is 0 Å². The second kappa shape index (κ2) is 5.34. The summed E-state index contributed by atoms with van der Waals surface area (Å²) in [5.74, 6) is 0.400. The molecule has 0 saturated carbocycles. The predicted octanol–water partition coefficient (Wildman–Crippen LogP) is 0.793. The summed E-state index contributed by atoms with van der Waals surface area (Å²) in [5.41, 5.74) is 0. The molecule has 2 saturated heterocycles. The minimum absolute atomic E-state index is 0.194. The summed E-state index contributed by atoms with van der Waals surface area (Å²) >= 11 is 0. The van der Waals surface area contributed by atoms with E-state index in [2.05, 4.69) is 17.2 Å². The molecule has 0 spiro atoms. The molecule has 0 aliphatic carbocycles. The van der Waals surface area contributed by atoms with E-state index in [1.807, 2.05) is 0 Å². The zero-order valence-corrected chi connectivity index (χ0v) is 9.58. The van der Waals surface area contributed by atoms with Crippen LogP contribution < -0.4 is 10.6 Å². The first-order valence-electron chi connectivity index (χ1n) is 6.07. The molecule has 2 aliphatic heterocycles. The van der Waals surface area contributed by atoms with Gasteiger partial charge in [0.1, 0.15) is 0 Å². The number of fused-ring (bicyclic) bond motifs is 2. The van der Waals surface area contributed by atoms with Gasteiger partial charge >= 0.3 is 0 Å². The Morgan fingerprint density at radius 3 is 3.06 bits per heavy atom. The van der Waals surface area contributed by atoms with Gasteiger partial charge in [-0.2, -0.15) is 0 Å². The van der Waals surface area contributed by atoms with Gasteiger partial charge in [0.25, 0.3) is 0 Å². The summed E-state index contributed by atoms with van der Waals surface area (Å²) in [6.07, 6.45) is 5.68. The topological polar surface area (TPSA) is 50.4 Å². The molecule has 2 rings (SSSR count). The molecule has 0 aromatic rings. The Hall–Kier alpha value is -1.03. The van der Waals surface area contributed by atoms with Crippen LogP contribution in [-0.2, 0) is 9.53 Å². The molecule has 2 aliphatic rings. The molecular formula is C12H20N2O2. The summed E-state index contributed by atoms with van der Waals surface area (Å²) in [7, 11) is 0. The third kappa shape index (κ3) is 2.55. The summed E-state index contributed by atoms with van der Waals surface area (Å²) in [5, 5.41) is 6.45. The van der Waals surface area contributed by atoms with Gasteiger partial charge in [0.15, 0.2) is 0 Å². The number of nitrogens with one attached hydrogen (secondary N) is 2. The van der Waals surface area contributed by atoms with Crippen molar-refractivity contribution in [3.63, 3.8) is 0 Å². The molecule has 16 heavy (non-hydrogen) atoms. The third-order valence-corrected chi connectivity index (χ3v) is 3.49. The van der Waals surface area contributed by atoms with Gasteiger partial charge in [0.2, 0.25) is 5.91 Å². The largest absolute Gasteiger partial charge is 0.502 e. The van der Waals surface area contributed by atoms with Crippen LogP contribution >= 0.6 is 0 Å². The van der Waals surface area contributed by atoms with Gasteiger partial charge in [-0.3, -0.25) is 4.79 Å². The maximum Gasteiger partial charge on any atom is 0.224 e. The van der Waals surface area contributed by atoms with Gasteiger partial charge in [-0.25, -0.2) is 0 Å². The highest BCUT2D eigenvalue weighted by molar-refractivity contribution is 5.80. The lowest BCUT2D eigenvalue weighted by Gasteiger charge is -2.19. The lowest BCUT2D eigenvalue weighted by atomic mass is 9.88. The first kappa shape index (κ1) is 11.5. The van der Waals surface area contributed by atoms with Gasteiger partial charge in [0.05, 0.1) is 18.8 Å². The molecule has 2 fully saturated rings. The molecule has 4 heteroatoms. The maximum atomic E-state index is 11.9. The highest BCUT2D eigenvalue weighted by atomic mass is 16.5. The van der Waals surface area contributed by atoms with Gasteiger partial charge in [-0.15, -0.1) is 0 Å². The van der Waals surface area contributed by atoms with Crippen LogP contribution in [0, 0.1) is 5.92 Å². The van der Waals surface area contributed by atoms with Crippen LogP contribution in [0.15, 0.2) is 12.8 Å². The van der Waals surface area contributed by atoms with E-state index in [9.17, 15) is 4.79 Å². The Balaban J connectivity index is 1.63. The molecule has 2 heterocycles. The van der Waals surface area contributed by atoms with Gasteiger partial charge in [0, 0.05) is 18.6 Å². The number of amides is 1. The highest BCUT2D eigenvalue weighted by Gasteiger charge is 2.42. The molecule has 4 nitrogen and oxygen atoms in total. The monoisotopic (exact) mass is 224 g/mol. The molecule has 0 aromatic carbocycles. The summed E-state index contributed by atoms with van der Waals surface area (Å²) < 4.78 is 4.99. The number of carbonyl (C=O) groups is 1. The molecule has 2 N–H and O–H groups in total. The van der Waals surface area contributed by atoms with Crippen molar-refractivity contribution in [3.8, 4) is 0 Å². The van der Waals surface area contributed by atoms with Crippen LogP contribution in [0.2, 0.25) is 0 Å². The molecular weight excluding hydrogens is 204 g/mol. The Bertz CT molecular complexity index is 268. The fourth-order valence-corrected chi connectivity index (χ4v) is 2.70. The van der Waals surface area contributed by atoms with Crippen molar-refractivity contribution in [1.82, 2.24) is 10.6 Å². The van der Waals surface area contributed by atoms with Crippen LogP contribution in [-0.4, -0.2) is 31.1 Å². The van der Waals surface area contributed by atoms with Crippen LogP contribution in [0.4, 0.5) is 0 Å². The molecule has 3 unspecified atom stereocenters. The second-order valence-electron chi connectivity index (χ2n) is 4.57. The minimum atomic E-state index is 0.194. The zero-order chi connectivity index (χ0) is 11.4. The smallest absolute Gasteiger partial charge is 0.224 e. The fraction of sp³-hybridized carbons (Fsp3) is 0.750. The van der Waals surface area contributed by atoms with Crippen LogP contribution in [0.1, 0.15) is 25.7 Å². The summed E-state index contributed by atoms with van der Waals surface area (Å²) in [4.78, 5) is 11.9. The van der Waals surface area contributed by atoms with Crippen molar-refractivity contribution in [3.05, 3.63) is 12.8 Å². The average molecular weight is 224 g/mol. The van der Waals surface area contributed by atoms with Crippen molar-refractivity contribution < 1.29 is 9.53 Å². The minimum Gasteiger partial charge on any atom is -0.502 e. The number of hydrogen-bond donors (Lipinski definition) is 2. The molecule has 3 atom stereocenters. The van der Waals surface area contributed by atoms with Crippen molar-refractivity contribution >= 4 is 5.91 Å². The molecule has 1 amide bonds. The Morgan fingerprint density at radius 1 is 1.56 bits per heavy atom. The lowest BCUT2D eigenvalue weighted by Crippen LogP contribution is -2.38. The van der Waals surface area contributed by atoms with E-state index in [1.54, 1.807) is 0 Å². The van der Waals surface area contributed by atoms with E-state index in [1.165, 1.54) is 12.7 Å². The molecule has 0 aromatic heterocycles. The van der Waals surface area contributed by atoms with E-state index in [0.29, 0.717) is 25.2 Å². The van der Waals surface area contributed by atoms with E-state index in [4.69, 9.17) is 4.74 Å². The van der Waals surface area contributed by atoms with E-state index in [-0.39, 0.29) is 11.8 Å². The normalized spacial score (nSPS) is 31.4. The first-order valence-corrected chi connectivity index (χ1v) is 6.07. The van der Waals surface area contributed by atoms with Crippen molar-refractivity contribution in [2.45, 2.75) is 37.8 Å². The van der Waals surface area contributed by atoms with E-state index in [0.717, 1.165) is 19.3 Å². The van der Waals surface area contributed by atoms with Crippen LogP contribution in [0.3, 0.4) is 0 Å². The quantitative estimate of drug-likeness (QED) is 0.518. The predicted molar refractivity (Wildman–Crippen MR) is 61.8 cm³/mol. The SMILES string of the molecule is C=COCCCNC(=O)C1CC2CCC1N2. The zero-order valence-electron chi connectivity index (χ0n) is 9.58. The van der Waals surface area contributed by atoms with Crippen molar-refractivity contribution in [1.29, 1.82) is 0 Å². The standard InChI is InChI=1S/C12H20N2O2/c1-2-16-7-3-6-13-12(15)10-8-9-4-5-11(10)14-9/h2,9-11,14H,1,3-8H2,(H,13,15). The summed E-state index contributed by atoms with van der Waals surface area (Å²) in [6, 6.07) is 1.01. The number of carbonyl (C=O) groups excluding carboxylic acids is 1. The van der Waals surface area contributed by atoms with Crippen molar-refractivity contribution in [2.24, 2.45) is 5.92 Å². The Labute approximate surface area is 96.4 Å². The molecule has 0 radical (unpaired) electrons. The first-order chi connectivity index (χ1) is 7.81. The number of ether oxygens (including phenoxy) is 1. The molecule has 90 valence electrons. The number of rotatable bonds is 6. The van der Waals surface area contributed by atoms with Crippen molar-refractivity contribution in [2.75, 3.05) is 13.2 Å². The lowest BCUT2D eigenvalue weighted by molar-refractivity contribution is -0.125. The van der Waals surface area contributed by atoms with Gasteiger partial charge < -0.3 is 15.4 Å². The highest BCUT2D eigenvalue weighted by Crippen LogP contribution is 2.33. The van der Waals surface area contributed by atoms with Crippen LogP contribution in [0.25, 0.3) is 0 Å². The Kier molecular flexibility index (Phi) is 3.83. The molecule has 2 bridgehead atoms. The Morgan fingerprint density at radius 2 is 2.44 bits per heavy atom. The second-order valence-corrected chi connectivity index (χ2v) is 4.57. The number of hydrogen-bond acceptors (Lipinski definition) is 3. The van der Waals surface area contributed by atoms with Gasteiger partial charge in [-0.1, -0.05) is 6.58 Å². The third-order valence-electron chi connectivity index (χ3n) is 3.49.